The lowest BCUT2D eigenvalue weighted by Crippen LogP contribution is -2.29. The minimum absolute atomic E-state index is 0.0637. The molecular formula is C14H16ClF2NO. The normalized spacial score (nSPS) is 22.5. The van der Waals surface area contributed by atoms with Gasteiger partial charge >= 0.3 is 0 Å². The molecule has 0 bridgehead atoms. The fourth-order valence-corrected chi connectivity index (χ4v) is 2.73. The van der Waals surface area contributed by atoms with Crippen molar-refractivity contribution in [2.24, 2.45) is 5.92 Å². The van der Waals surface area contributed by atoms with Gasteiger partial charge in [0.05, 0.1) is 6.42 Å². The molecule has 1 saturated carbocycles. The van der Waals surface area contributed by atoms with Crippen LogP contribution in [0.1, 0.15) is 24.8 Å². The molecule has 1 aromatic carbocycles. The highest BCUT2D eigenvalue weighted by atomic mass is 35.5. The van der Waals surface area contributed by atoms with E-state index in [9.17, 15) is 13.6 Å². The molecule has 2 nitrogen and oxygen atoms in total. The van der Waals surface area contributed by atoms with Gasteiger partial charge in [-0.2, -0.15) is 0 Å². The van der Waals surface area contributed by atoms with Crippen molar-refractivity contribution in [2.75, 3.05) is 6.54 Å². The first kappa shape index (κ1) is 14.3. The number of hydrogen-bond donors (Lipinski definition) is 1. The smallest absolute Gasteiger partial charge is 0.224 e. The Morgan fingerprint density at radius 3 is 2.74 bits per heavy atom. The Morgan fingerprint density at radius 2 is 2.11 bits per heavy atom. The van der Waals surface area contributed by atoms with Crippen molar-refractivity contribution in [3.05, 3.63) is 35.4 Å². The van der Waals surface area contributed by atoms with Gasteiger partial charge in [0, 0.05) is 11.9 Å². The molecule has 1 aromatic rings. The monoisotopic (exact) mass is 287 g/mol. The van der Waals surface area contributed by atoms with Gasteiger partial charge in [0.25, 0.3) is 0 Å². The Hall–Kier alpha value is -1.16. The predicted octanol–water partition coefficient (Wildman–Crippen LogP) is 3.03. The molecule has 104 valence electrons. The number of nitrogens with one attached hydrogen (secondary N) is 1. The van der Waals surface area contributed by atoms with Gasteiger partial charge in [-0.15, -0.1) is 11.6 Å². The van der Waals surface area contributed by atoms with E-state index in [1.54, 1.807) is 0 Å². The highest BCUT2D eigenvalue weighted by Crippen LogP contribution is 2.28. The quantitative estimate of drug-likeness (QED) is 0.848. The van der Waals surface area contributed by atoms with Crippen LogP contribution in [-0.2, 0) is 11.2 Å². The van der Waals surface area contributed by atoms with Crippen molar-refractivity contribution in [2.45, 2.75) is 31.1 Å². The molecule has 0 heterocycles. The molecule has 0 aliphatic heterocycles. The summed E-state index contributed by atoms with van der Waals surface area (Å²) in [5, 5.41) is 3.03. The molecule has 5 heteroatoms. The number of rotatable bonds is 4. The summed E-state index contributed by atoms with van der Waals surface area (Å²) in [5.41, 5.74) is 0.470. The number of carbonyl (C=O) groups is 1. The summed E-state index contributed by atoms with van der Waals surface area (Å²) in [7, 11) is 0. The Bertz CT molecular complexity index is 467. The second-order valence-electron chi connectivity index (χ2n) is 5.01. The summed E-state index contributed by atoms with van der Waals surface area (Å²) in [4.78, 5) is 11.7. The topological polar surface area (TPSA) is 29.1 Å². The first-order valence-electron chi connectivity index (χ1n) is 6.39. The lowest BCUT2D eigenvalue weighted by atomic mass is 10.1. The van der Waals surface area contributed by atoms with Crippen molar-refractivity contribution < 1.29 is 13.6 Å². The molecule has 0 aromatic heterocycles. The molecule has 2 unspecified atom stereocenters. The van der Waals surface area contributed by atoms with Gasteiger partial charge in [0.2, 0.25) is 5.91 Å². The highest BCUT2D eigenvalue weighted by molar-refractivity contribution is 6.20. The molecule has 2 atom stereocenters. The van der Waals surface area contributed by atoms with Crippen molar-refractivity contribution in [1.82, 2.24) is 5.32 Å². The number of hydrogen-bond acceptors (Lipinski definition) is 1. The van der Waals surface area contributed by atoms with Gasteiger partial charge in [0.15, 0.2) is 11.6 Å². The Balaban J connectivity index is 1.79. The van der Waals surface area contributed by atoms with E-state index in [1.165, 1.54) is 6.07 Å². The largest absolute Gasteiger partial charge is 0.356 e. The maximum atomic E-state index is 13.0. The second kappa shape index (κ2) is 6.33. The standard InChI is InChI=1S/C14H16ClF2NO/c15-11-3-1-10(5-11)8-18-14(19)7-9-2-4-12(16)13(17)6-9/h2,4,6,10-11H,1,3,5,7-8H2,(H,18,19). The first-order chi connectivity index (χ1) is 9.04. The van der Waals surface area contributed by atoms with Crippen molar-refractivity contribution in [1.29, 1.82) is 0 Å². The Labute approximate surface area is 116 Å². The molecule has 1 aliphatic rings. The van der Waals surface area contributed by atoms with Crippen LogP contribution in [0.3, 0.4) is 0 Å². The molecular weight excluding hydrogens is 272 g/mol. The zero-order valence-corrected chi connectivity index (χ0v) is 11.2. The minimum Gasteiger partial charge on any atom is -0.356 e. The van der Waals surface area contributed by atoms with Crippen LogP contribution in [0.2, 0.25) is 0 Å². The summed E-state index contributed by atoms with van der Waals surface area (Å²) in [5.74, 6) is -1.57. The van der Waals surface area contributed by atoms with Crippen LogP contribution < -0.4 is 5.32 Å². The van der Waals surface area contributed by atoms with Gasteiger partial charge in [-0.3, -0.25) is 4.79 Å². The van der Waals surface area contributed by atoms with E-state index in [4.69, 9.17) is 11.6 Å². The molecule has 1 aliphatic carbocycles. The number of halogens is 3. The van der Waals surface area contributed by atoms with E-state index in [0.29, 0.717) is 18.0 Å². The van der Waals surface area contributed by atoms with Crippen molar-refractivity contribution >= 4 is 17.5 Å². The molecule has 1 fully saturated rings. The molecule has 0 radical (unpaired) electrons. The molecule has 0 saturated heterocycles. The predicted molar refractivity (Wildman–Crippen MR) is 70.1 cm³/mol. The van der Waals surface area contributed by atoms with Gasteiger partial charge in [-0.25, -0.2) is 8.78 Å². The average molecular weight is 288 g/mol. The minimum atomic E-state index is -0.925. The molecule has 19 heavy (non-hydrogen) atoms. The molecule has 1 amide bonds. The summed E-state index contributed by atoms with van der Waals surface area (Å²) in [6.45, 7) is 0.603. The maximum Gasteiger partial charge on any atom is 0.224 e. The van der Waals surface area contributed by atoms with Crippen LogP contribution >= 0.6 is 11.6 Å². The van der Waals surface area contributed by atoms with E-state index in [0.717, 1.165) is 31.4 Å². The molecule has 0 spiro atoms. The van der Waals surface area contributed by atoms with Crippen LogP contribution in [0.5, 0.6) is 0 Å². The third kappa shape index (κ3) is 4.16. The fraction of sp³-hybridized carbons (Fsp3) is 0.500. The van der Waals surface area contributed by atoms with Crippen LogP contribution in [0, 0.1) is 17.6 Å². The second-order valence-corrected chi connectivity index (χ2v) is 5.62. The Morgan fingerprint density at radius 1 is 1.32 bits per heavy atom. The van der Waals surface area contributed by atoms with Gasteiger partial charge in [-0.1, -0.05) is 6.07 Å². The molecule has 1 N–H and O–H groups in total. The lowest BCUT2D eigenvalue weighted by Gasteiger charge is -2.11. The summed E-state index contributed by atoms with van der Waals surface area (Å²) < 4.78 is 25.7. The van der Waals surface area contributed by atoms with Gasteiger partial charge in [0.1, 0.15) is 0 Å². The van der Waals surface area contributed by atoms with Crippen molar-refractivity contribution in [3.63, 3.8) is 0 Å². The van der Waals surface area contributed by atoms with Gasteiger partial charge < -0.3 is 5.32 Å². The van der Waals surface area contributed by atoms with Crippen LogP contribution in [0.15, 0.2) is 18.2 Å². The zero-order chi connectivity index (χ0) is 13.8. The Kier molecular flexibility index (Phi) is 4.75. The zero-order valence-electron chi connectivity index (χ0n) is 10.5. The average Bonchev–Trinajstić information content (AvgIpc) is 2.77. The van der Waals surface area contributed by atoms with Gasteiger partial charge in [-0.05, 0) is 42.9 Å². The highest BCUT2D eigenvalue weighted by Gasteiger charge is 2.23. The number of alkyl halides is 1. The van der Waals surface area contributed by atoms with Crippen molar-refractivity contribution in [3.8, 4) is 0 Å². The third-order valence-corrected chi connectivity index (χ3v) is 3.81. The lowest BCUT2D eigenvalue weighted by molar-refractivity contribution is -0.120. The number of amides is 1. The van der Waals surface area contributed by atoms with E-state index in [2.05, 4.69) is 5.32 Å². The SMILES string of the molecule is O=C(Cc1ccc(F)c(F)c1)NCC1CCC(Cl)C1. The number of benzene rings is 1. The summed E-state index contributed by atoms with van der Waals surface area (Å²) in [6.07, 6.45) is 3.01. The van der Waals surface area contributed by atoms with E-state index < -0.39 is 11.6 Å². The van der Waals surface area contributed by atoms with E-state index in [-0.39, 0.29) is 17.7 Å². The third-order valence-electron chi connectivity index (χ3n) is 3.41. The van der Waals surface area contributed by atoms with Crippen LogP contribution in [0.4, 0.5) is 8.78 Å². The first-order valence-corrected chi connectivity index (χ1v) is 6.83. The van der Waals surface area contributed by atoms with E-state index >= 15 is 0 Å². The molecule has 2 rings (SSSR count). The van der Waals surface area contributed by atoms with E-state index in [1.807, 2.05) is 0 Å². The van der Waals surface area contributed by atoms with Crippen LogP contribution in [-0.4, -0.2) is 17.8 Å². The summed E-state index contributed by atoms with van der Waals surface area (Å²) in [6, 6.07) is 3.51. The maximum absolute atomic E-state index is 13.0. The summed E-state index contributed by atoms with van der Waals surface area (Å²) >= 11 is 5.99. The van der Waals surface area contributed by atoms with Crippen LogP contribution in [0.25, 0.3) is 0 Å². The fourth-order valence-electron chi connectivity index (χ4n) is 2.35. The number of carbonyl (C=O) groups excluding carboxylic acids is 1.